The van der Waals surface area contributed by atoms with Crippen LogP contribution in [0, 0.1) is 0 Å². The Labute approximate surface area is 115 Å². The number of carbonyl (C=O) groups is 2. The van der Waals surface area contributed by atoms with Crippen LogP contribution in [0.3, 0.4) is 0 Å². The molecule has 2 heterocycles. The zero-order valence-electron chi connectivity index (χ0n) is 10.2. The summed E-state index contributed by atoms with van der Waals surface area (Å²) in [6.45, 7) is 1.80. The first-order valence-electron chi connectivity index (χ1n) is 5.81. The van der Waals surface area contributed by atoms with Crippen LogP contribution < -0.4 is 0 Å². The molecular formula is C12H13ClN2O4. The van der Waals surface area contributed by atoms with E-state index >= 15 is 0 Å². The van der Waals surface area contributed by atoms with Gasteiger partial charge in [-0.1, -0.05) is 11.6 Å². The lowest BCUT2D eigenvalue weighted by Gasteiger charge is -2.26. The molecule has 6 nitrogen and oxygen atoms in total. The van der Waals surface area contributed by atoms with Gasteiger partial charge in [0.25, 0.3) is 5.91 Å². The number of hydrogen-bond acceptors (Lipinski definition) is 5. The number of rotatable bonds is 3. The number of halogens is 1. The zero-order valence-corrected chi connectivity index (χ0v) is 10.9. The number of nitrogens with zero attached hydrogens (tertiary/aromatic N) is 2. The molecule has 0 N–H and O–H groups in total. The number of hydrogen-bond donors (Lipinski definition) is 0. The van der Waals surface area contributed by atoms with Gasteiger partial charge in [0, 0.05) is 19.3 Å². The van der Waals surface area contributed by atoms with Crippen molar-refractivity contribution in [3.63, 3.8) is 0 Å². The lowest BCUT2D eigenvalue weighted by Crippen LogP contribution is -2.42. The fourth-order valence-electron chi connectivity index (χ4n) is 1.64. The van der Waals surface area contributed by atoms with Gasteiger partial charge in [-0.25, -0.2) is 9.78 Å². The smallest absolute Gasteiger partial charge is 0.338 e. The first-order valence-corrected chi connectivity index (χ1v) is 6.19. The Hall–Kier alpha value is -1.66. The molecule has 0 bridgehead atoms. The Morgan fingerprint density at radius 2 is 2.16 bits per heavy atom. The van der Waals surface area contributed by atoms with Crippen molar-refractivity contribution in [2.75, 3.05) is 32.9 Å². The fraction of sp³-hybridized carbons (Fsp3) is 0.417. The van der Waals surface area contributed by atoms with E-state index < -0.39 is 5.97 Å². The van der Waals surface area contributed by atoms with E-state index in [1.54, 1.807) is 4.90 Å². The van der Waals surface area contributed by atoms with Crippen molar-refractivity contribution in [1.29, 1.82) is 0 Å². The molecule has 1 fully saturated rings. The fourth-order valence-corrected chi connectivity index (χ4v) is 1.82. The van der Waals surface area contributed by atoms with Gasteiger partial charge in [0.1, 0.15) is 5.15 Å². The molecule has 1 saturated heterocycles. The van der Waals surface area contributed by atoms with E-state index in [4.69, 9.17) is 21.1 Å². The Bertz CT molecular complexity index is 475. The number of ether oxygens (including phenoxy) is 2. The molecule has 19 heavy (non-hydrogen) atoms. The minimum atomic E-state index is -0.592. The second-order valence-electron chi connectivity index (χ2n) is 3.94. The van der Waals surface area contributed by atoms with Crippen LogP contribution >= 0.6 is 11.6 Å². The van der Waals surface area contributed by atoms with Gasteiger partial charge in [-0.15, -0.1) is 0 Å². The molecule has 0 saturated carbocycles. The molecule has 0 aliphatic carbocycles. The van der Waals surface area contributed by atoms with Crippen molar-refractivity contribution < 1.29 is 19.1 Å². The van der Waals surface area contributed by atoms with E-state index in [1.807, 2.05) is 0 Å². The third kappa shape index (κ3) is 3.90. The molecule has 1 aromatic rings. The average Bonchev–Trinajstić information content (AvgIpc) is 2.45. The second-order valence-corrected chi connectivity index (χ2v) is 4.32. The van der Waals surface area contributed by atoms with E-state index in [-0.39, 0.29) is 23.2 Å². The molecule has 7 heteroatoms. The topological polar surface area (TPSA) is 68.7 Å². The molecule has 1 amide bonds. The molecule has 1 aromatic heterocycles. The summed E-state index contributed by atoms with van der Waals surface area (Å²) in [5, 5.41) is 0.203. The Kier molecular flexibility index (Phi) is 4.70. The summed E-state index contributed by atoms with van der Waals surface area (Å²) >= 11 is 5.67. The quantitative estimate of drug-likeness (QED) is 0.605. The van der Waals surface area contributed by atoms with Crippen LogP contribution in [0.5, 0.6) is 0 Å². The highest BCUT2D eigenvalue weighted by Gasteiger charge is 2.18. The van der Waals surface area contributed by atoms with Gasteiger partial charge in [0.15, 0.2) is 6.61 Å². The molecular weight excluding hydrogens is 272 g/mol. The van der Waals surface area contributed by atoms with Crippen LogP contribution in [0.4, 0.5) is 0 Å². The van der Waals surface area contributed by atoms with Crippen molar-refractivity contribution >= 4 is 23.5 Å². The normalized spacial score (nSPS) is 15.1. The monoisotopic (exact) mass is 284 g/mol. The van der Waals surface area contributed by atoms with Crippen LogP contribution in [0.1, 0.15) is 10.4 Å². The number of amides is 1. The van der Waals surface area contributed by atoms with Crippen LogP contribution in [-0.4, -0.2) is 54.7 Å². The molecule has 0 atom stereocenters. The summed E-state index contributed by atoms with van der Waals surface area (Å²) in [6.07, 6.45) is 1.41. The predicted molar refractivity (Wildman–Crippen MR) is 66.9 cm³/mol. The highest BCUT2D eigenvalue weighted by Crippen LogP contribution is 2.08. The van der Waals surface area contributed by atoms with Crippen LogP contribution in [0.2, 0.25) is 5.15 Å². The Morgan fingerprint density at radius 1 is 1.42 bits per heavy atom. The van der Waals surface area contributed by atoms with Gasteiger partial charge < -0.3 is 14.4 Å². The van der Waals surface area contributed by atoms with E-state index in [2.05, 4.69) is 4.98 Å². The predicted octanol–water partition coefficient (Wildman–Crippen LogP) is 0.751. The van der Waals surface area contributed by atoms with Crippen molar-refractivity contribution in [1.82, 2.24) is 9.88 Å². The Balaban J connectivity index is 1.84. The first-order chi connectivity index (χ1) is 9.16. The van der Waals surface area contributed by atoms with E-state index in [1.165, 1.54) is 18.3 Å². The maximum atomic E-state index is 11.8. The van der Waals surface area contributed by atoms with Gasteiger partial charge in [-0.2, -0.15) is 0 Å². The summed E-state index contributed by atoms with van der Waals surface area (Å²) < 4.78 is 10.1. The standard InChI is InChI=1S/C12H13ClN2O4/c13-10-7-9(1-2-14-10)12(17)19-8-11(16)15-3-5-18-6-4-15/h1-2,7H,3-6,8H2. The average molecular weight is 285 g/mol. The summed E-state index contributed by atoms with van der Waals surface area (Å²) in [7, 11) is 0. The van der Waals surface area contributed by atoms with Gasteiger partial charge in [-0.05, 0) is 12.1 Å². The van der Waals surface area contributed by atoms with Crippen LogP contribution in [0.15, 0.2) is 18.3 Å². The molecule has 1 aliphatic heterocycles. The second kappa shape index (κ2) is 6.49. The number of carbonyl (C=O) groups excluding carboxylic acids is 2. The van der Waals surface area contributed by atoms with Crippen LogP contribution in [-0.2, 0) is 14.3 Å². The molecule has 1 aliphatic rings. The van der Waals surface area contributed by atoms with Crippen molar-refractivity contribution in [2.24, 2.45) is 0 Å². The number of aromatic nitrogens is 1. The lowest BCUT2D eigenvalue weighted by atomic mass is 10.3. The lowest BCUT2D eigenvalue weighted by molar-refractivity contribution is -0.138. The van der Waals surface area contributed by atoms with Crippen molar-refractivity contribution in [3.8, 4) is 0 Å². The SMILES string of the molecule is O=C(OCC(=O)N1CCOCC1)c1ccnc(Cl)c1. The first kappa shape index (κ1) is 13.8. The van der Waals surface area contributed by atoms with Crippen molar-refractivity contribution in [3.05, 3.63) is 29.0 Å². The van der Waals surface area contributed by atoms with E-state index in [0.29, 0.717) is 26.3 Å². The molecule has 0 radical (unpaired) electrons. The Morgan fingerprint density at radius 3 is 2.84 bits per heavy atom. The summed E-state index contributed by atoms with van der Waals surface area (Å²) in [5.74, 6) is -0.817. The van der Waals surface area contributed by atoms with Gasteiger partial charge >= 0.3 is 5.97 Å². The number of pyridine rings is 1. The molecule has 102 valence electrons. The molecule has 2 rings (SSSR count). The van der Waals surface area contributed by atoms with Crippen molar-refractivity contribution in [2.45, 2.75) is 0 Å². The highest BCUT2D eigenvalue weighted by molar-refractivity contribution is 6.29. The van der Waals surface area contributed by atoms with E-state index in [0.717, 1.165) is 0 Å². The largest absolute Gasteiger partial charge is 0.452 e. The maximum absolute atomic E-state index is 11.8. The van der Waals surface area contributed by atoms with Gasteiger partial charge in [-0.3, -0.25) is 4.79 Å². The third-order valence-electron chi connectivity index (χ3n) is 2.65. The highest BCUT2D eigenvalue weighted by atomic mass is 35.5. The molecule has 0 aromatic carbocycles. The molecule has 0 spiro atoms. The molecule has 0 unspecified atom stereocenters. The van der Waals surface area contributed by atoms with Gasteiger partial charge in [0.2, 0.25) is 0 Å². The zero-order chi connectivity index (χ0) is 13.7. The number of esters is 1. The summed E-state index contributed by atoms with van der Waals surface area (Å²) in [5.41, 5.74) is 0.273. The summed E-state index contributed by atoms with van der Waals surface area (Å²) in [6, 6.07) is 2.87. The van der Waals surface area contributed by atoms with Gasteiger partial charge in [0.05, 0.1) is 18.8 Å². The minimum Gasteiger partial charge on any atom is -0.452 e. The van der Waals surface area contributed by atoms with Crippen LogP contribution in [0.25, 0.3) is 0 Å². The maximum Gasteiger partial charge on any atom is 0.338 e. The minimum absolute atomic E-state index is 0.203. The van der Waals surface area contributed by atoms with E-state index in [9.17, 15) is 9.59 Å². The third-order valence-corrected chi connectivity index (χ3v) is 2.86. The summed E-state index contributed by atoms with van der Waals surface area (Å²) in [4.78, 5) is 28.8. The number of morpholine rings is 1.